The van der Waals surface area contributed by atoms with Crippen LogP contribution in [0.15, 0.2) is 24.3 Å². The monoisotopic (exact) mass is 204 g/mol. The summed E-state index contributed by atoms with van der Waals surface area (Å²) < 4.78 is 5.06. The van der Waals surface area contributed by atoms with E-state index in [1.54, 1.807) is 25.3 Å². The van der Waals surface area contributed by atoms with Gasteiger partial charge in [-0.05, 0) is 30.7 Å². The van der Waals surface area contributed by atoms with Crippen molar-refractivity contribution >= 4 is 11.9 Å². The molecule has 2 rings (SSSR count). The largest absolute Gasteiger partial charge is 0.497 e. The van der Waals surface area contributed by atoms with Crippen molar-refractivity contribution in [2.24, 2.45) is 0 Å². The molecule has 0 amide bonds. The molecule has 1 atom stereocenters. The van der Waals surface area contributed by atoms with Crippen molar-refractivity contribution in [1.82, 2.24) is 0 Å². The Morgan fingerprint density at radius 2 is 2.07 bits per heavy atom. The highest BCUT2D eigenvalue weighted by Gasteiger charge is 2.34. The van der Waals surface area contributed by atoms with E-state index in [-0.39, 0.29) is 5.78 Å². The van der Waals surface area contributed by atoms with E-state index in [1.807, 2.05) is 6.07 Å². The maximum Gasteiger partial charge on any atom is 0.191 e. The maximum atomic E-state index is 11.5. The lowest BCUT2D eigenvalue weighted by molar-refractivity contribution is -0.131. The van der Waals surface area contributed by atoms with Gasteiger partial charge >= 0.3 is 0 Å². The Hall–Kier alpha value is -1.61. The molecular formula is C12H12O3. The van der Waals surface area contributed by atoms with Gasteiger partial charge in [-0.15, -0.1) is 0 Å². The quantitative estimate of drug-likeness (QED) is 0.754. The number of aliphatic hydroxyl groups is 1. The molecule has 0 saturated heterocycles. The van der Waals surface area contributed by atoms with E-state index in [4.69, 9.17) is 4.74 Å². The Bertz CT molecular complexity index is 444. The van der Waals surface area contributed by atoms with Crippen molar-refractivity contribution in [3.8, 4) is 5.75 Å². The van der Waals surface area contributed by atoms with Crippen molar-refractivity contribution in [2.45, 2.75) is 12.5 Å². The minimum Gasteiger partial charge on any atom is -0.497 e. The lowest BCUT2D eigenvalue weighted by Crippen LogP contribution is -2.33. The number of fused-ring (bicyclic) bond motifs is 1. The van der Waals surface area contributed by atoms with Crippen LogP contribution in [0.5, 0.6) is 5.75 Å². The standard InChI is InChI=1S/C12H12O3/c1-12(14)10-7-9(15-2)5-3-8(10)4-6-11(12)13/h3-7,14H,1-2H3. The Labute approximate surface area is 88.0 Å². The molecule has 3 heteroatoms. The Morgan fingerprint density at radius 1 is 1.33 bits per heavy atom. The van der Waals surface area contributed by atoms with Gasteiger partial charge in [0.05, 0.1) is 7.11 Å². The zero-order valence-corrected chi connectivity index (χ0v) is 8.65. The van der Waals surface area contributed by atoms with Gasteiger partial charge < -0.3 is 9.84 Å². The average Bonchev–Trinajstić information content (AvgIpc) is 2.24. The fourth-order valence-corrected chi connectivity index (χ4v) is 1.69. The van der Waals surface area contributed by atoms with Crippen molar-refractivity contribution in [3.63, 3.8) is 0 Å². The second-order valence-corrected chi connectivity index (χ2v) is 3.72. The summed E-state index contributed by atoms with van der Waals surface area (Å²) in [6.45, 7) is 1.50. The Morgan fingerprint density at radius 3 is 2.73 bits per heavy atom. The molecule has 0 aliphatic heterocycles. The van der Waals surface area contributed by atoms with Crippen molar-refractivity contribution in [3.05, 3.63) is 35.4 Å². The predicted molar refractivity (Wildman–Crippen MR) is 56.6 cm³/mol. The summed E-state index contributed by atoms with van der Waals surface area (Å²) in [5.74, 6) is 0.334. The lowest BCUT2D eigenvalue weighted by Gasteiger charge is -2.26. The number of benzene rings is 1. The van der Waals surface area contributed by atoms with Crippen LogP contribution in [-0.2, 0) is 10.4 Å². The molecule has 1 aromatic rings. The molecule has 0 radical (unpaired) electrons. The fraction of sp³-hybridized carbons (Fsp3) is 0.250. The third-order valence-corrected chi connectivity index (χ3v) is 2.68. The molecule has 1 aromatic carbocycles. The lowest BCUT2D eigenvalue weighted by atomic mass is 9.83. The third kappa shape index (κ3) is 1.45. The van der Waals surface area contributed by atoms with Crippen LogP contribution in [0.2, 0.25) is 0 Å². The maximum absolute atomic E-state index is 11.5. The van der Waals surface area contributed by atoms with Gasteiger partial charge in [0.15, 0.2) is 5.78 Å². The van der Waals surface area contributed by atoms with Gasteiger partial charge in [-0.2, -0.15) is 0 Å². The molecule has 0 heterocycles. The highest BCUT2D eigenvalue weighted by atomic mass is 16.5. The second-order valence-electron chi connectivity index (χ2n) is 3.72. The van der Waals surface area contributed by atoms with Crippen LogP contribution in [0.1, 0.15) is 18.1 Å². The zero-order chi connectivity index (χ0) is 11.1. The van der Waals surface area contributed by atoms with Crippen LogP contribution in [0, 0.1) is 0 Å². The number of rotatable bonds is 1. The average molecular weight is 204 g/mol. The molecule has 0 bridgehead atoms. The summed E-state index contributed by atoms with van der Waals surface area (Å²) in [6.07, 6.45) is 3.10. The first kappa shape index (κ1) is 9.93. The van der Waals surface area contributed by atoms with E-state index in [2.05, 4.69) is 0 Å². The molecule has 0 fully saturated rings. The van der Waals surface area contributed by atoms with Gasteiger partial charge in [0.2, 0.25) is 0 Å². The summed E-state index contributed by atoms with van der Waals surface area (Å²) in [5.41, 5.74) is -0.00623. The van der Waals surface area contributed by atoms with E-state index in [1.165, 1.54) is 13.0 Å². The van der Waals surface area contributed by atoms with Crippen molar-refractivity contribution in [1.29, 1.82) is 0 Å². The molecule has 0 saturated carbocycles. The first-order valence-corrected chi connectivity index (χ1v) is 4.69. The van der Waals surface area contributed by atoms with Gasteiger partial charge in [0.1, 0.15) is 11.4 Å². The topological polar surface area (TPSA) is 46.5 Å². The number of carbonyl (C=O) groups excluding carboxylic acids is 1. The van der Waals surface area contributed by atoms with E-state index >= 15 is 0 Å². The SMILES string of the molecule is COc1ccc2c(c1)C(C)(O)C(=O)C=C2. The second kappa shape index (κ2) is 3.21. The summed E-state index contributed by atoms with van der Waals surface area (Å²) >= 11 is 0. The van der Waals surface area contributed by atoms with Crippen LogP contribution in [-0.4, -0.2) is 18.0 Å². The molecule has 15 heavy (non-hydrogen) atoms. The van der Waals surface area contributed by atoms with Crippen LogP contribution in [0.4, 0.5) is 0 Å². The first-order chi connectivity index (χ1) is 7.05. The minimum absolute atomic E-state index is 0.303. The van der Waals surface area contributed by atoms with Gasteiger partial charge in [-0.25, -0.2) is 0 Å². The van der Waals surface area contributed by atoms with E-state index in [0.717, 1.165) is 5.56 Å². The summed E-state index contributed by atoms with van der Waals surface area (Å²) in [7, 11) is 1.55. The summed E-state index contributed by atoms with van der Waals surface area (Å²) in [6, 6.07) is 5.32. The number of hydrogen-bond donors (Lipinski definition) is 1. The summed E-state index contributed by atoms with van der Waals surface area (Å²) in [4.78, 5) is 11.5. The molecule has 1 aliphatic carbocycles. The first-order valence-electron chi connectivity index (χ1n) is 4.69. The molecule has 78 valence electrons. The number of carbonyl (C=O) groups is 1. The highest BCUT2D eigenvalue weighted by Crippen LogP contribution is 2.33. The summed E-state index contributed by atoms with van der Waals surface area (Å²) in [5, 5.41) is 10.1. The highest BCUT2D eigenvalue weighted by molar-refractivity contribution is 6.03. The van der Waals surface area contributed by atoms with Crippen LogP contribution < -0.4 is 4.74 Å². The van der Waals surface area contributed by atoms with Crippen LogP contribution in [0.25, 0.3) is 6.08 Å². The van der Waals surface area contributed by atoms with Gasteiger partial charge in [0, 0.05) is 5.56 Å². The molecule has 1 aliphatic rings. The van der Waals surface area contributed by atoms with Gasteiger partial charge in [-0.1, -0.05) is 12.1 Å². The molecule has 1 unspecified atom stereocenters. The van der Waals surface area contributed by atoms with Crippen LogP contribution in [0.3, 0.4) is 0 Å². The molecule has 0 aromatic heterocycles. The van der Waals surface area contributed by atoms with Crippen molar-refractivity contribution < 1.29 is 14.6 Å². The minimum atomic E-state index is -1.45. The normalized spacial score (nSPS) is 23.8. The van der Waals surface area contributed by atoms with Crippen LogP contribution >= 0.6 is 0 Å². The van der Waals surface area contributed by atoms with E-state index in [9.17, 15) is 9.90 Å². The van der Waals surface area contributed by atoms with Gasteiger partial charge in [0.25, 0.3) is 0 Å². The smallest absolute Gasteiger partial charge is 0.191 e. The zero-order valence-electron chi connectivity index (χ0n) is 8.65. The number of hydrogen-bond acceptors (Lipinski definition) is 3. The predicted octanol–water partition coefficient (Wildman–Crippen LogP) is 1.50. The number of ether oxygens (including phenoxy) is 1. The van der Waals surface area contributed by atoms with Gasteiger partial charge in [-0.3, -0.25) is 4.79 Å². The van der Waals surface area contributed by atoms with E-state index < -0.39 is 5.60 Å². The molecule has 3 nitrogen and oxygen atoms in total. The van der Waals surface area contributed by atoms with E-state index in [0.29, 0.717) is 11.3 Å². The van der Waals surface area contributed by atoms with Crippen molar-refractivity contribution in [2.75, 3.05) is 7.11 Å². The Kier molecular flexibility index (Phi) is 2.12. The molecule has 0 spiro atoms. The molecule has 1 N–H and O–H groups in total. The fourth-order valence-electron chi connectivity index (χ4n) is 1.69. The number of ketones is 1. The third-order valence-electron chi connectivity index (χ3n) is 2.68. The molecular weight excluding hydrogens is 192 g/mol. The Balaban J connectivity index is 2.63. The number of methoxy groups -OCH3 is 1.